The van der Waals surface area contributed by atoms with Gasteiger partial charge < -0.3 is 9.84 Å². The first-order chi connectivity index (χ1) is 7.20. The molecule has 0 aliphatic rings. The summed E-state index contributed by atoms with van der Waals surface area (Å²) < 4.78 is 4.71. The van der Waals surface area contributed by atoms with E-state index < -0.39 is 35.5 Å². The smallest absolute Gasteiger partial charge is 0.307 e. The van der Waals surface area contributed by atoms with Crippen molar-refractivity contribution in [2.24, 2.45) is 0 Å². The van der Waals surface area contributed by atoms with Gasteiger partial charge in [0.25, 0.3) is 0 Å². The molecule has 0 rings (SSSR count). The fourth-order valence-corrected chi connectivity index (χ4v) is 0.879. The Labute approximate surface area is 92.6 Å². The topological polar surface area (TPSA) is 97.7 Å². The first kappa shape index (κ1) is 14.3. The molecule has 90 valence electrons. The minimum atomic E-state index is -1.81. The van der Waals surface area contributed by atoms with Crippen molar-refractivity contribution in [1.29, 1.82) is 0 Å². The summed E-state index contributed by atoms with van der Waals surface area (Å²) in [5, 5.41) is 8.34. The van der Waals surface area contributed by atoms with Crippen molar-refractivity contribution in [2.45, 2.75) is 39.2 Å². The van der Waals surface area contributed by atoms with Crippen LogP contribution in [0, 0.1) is 0 Å². The number of ketones is 2. The number of hydrogen-bond donors (Lipinski definition) is 1. The molecule has 0 bridgehead atoms. The van der Waals surface area contributed by atoms with Gasteiger partial charge in [0.15, 0.2) is 11.6 Å². The van der Waals surface area contributed by atoms with Crippen molar-refractivity contribution < 1.29 is 29.0 Å². The molecule has 1 N–H and O–H groups in total. The fraction of sp³-hybridized carbons (Fsp3) is 0.600. The maximum absolute atomic E-state index is 11.2. The Bertz CT molecular complexity index is 316. The SMILES string of the molecule is CC(=O)C(C)(OC(=O)CCC(=O)O)C(C)=O. The van der Waals surface area contributed by atoms with Gasteiger partial charge >= 0.3 is 11.9 Å². The summed E-state index contributed by atoms with van der Waals surface area (Å²) in [6.45, 7) is 3.45. The molecule has 6 nitrogen and oxygen atoms in total. The van der Waals surface area contributed by atoms with Crippen LogP contribution in [0.15, 0.2) is 0 Å². The minimum absolute atomic E-state index is 0.370. The highest BCUT2D eigenvalue weighted by atomic mass is 16.6. The minimum Gasteiger partial charge on any atom is -0.481 e. The predicted octanol–water partition coefficient (Wildman–Crippen LogP) is 0.331. The van der Waals surface area contributed by atoms with E-state index >= 15 is 0 Å². The molecule has 0 radical (unpaired) electrons. The Morgan fingerprint density at radius 3 is 1.81 bits per heavy atom. The van der Waals surface area contributed by atoms with E-state index in [4.69, 9.17) is 9.84 Å². The van der Waals surface area contributed by atoms with Crippen molar-refractivity contribution in [1.82, 2.24) is 0 Å². The van der Waals surface area contributed by atoms with Gasteiger partial charge in [0.05, 0.1) is 12.8 Å². The fourth-order valence-electron chi connectivity index (χ4n) is 0.879. The van der Waals surface area contributed by atoms with Crippen LogP contribution in [0.25, 0.3) is 0 Å². The van der Waals surface area contributed by atoms with Gasteiger partial charge in [-0.2, -0.15) is 0 Å². The van der Waals surface area contributed by atoms with Gasteiger partial charge in [0.1, 0.15) is 0 Å². The summed E-state index contributed by atoms with van der Waals surface area (Å²) in [7, 11) is 0. The lowest BCUT2D eigenvalue weighted by Crippen LogP contribution is -2.45. The Morgan fingerprint density at radius 2 is 1.50 bits per heavy atom. The van der Waals surface area contributed by atoms with E-state index in [1.165, 1.54) is 6.92 Å². The van der Waals surface area contributed by atoms with E-state index in [-0.39, 0.29) is 6.42 Å². The van der Waals surface area contributed by atoms with Gasteiger partial charge in [-0.05, 0) is 20.8 Å². The highest BCUT2D eigenvalue weighted by Crippen LogP contribution is 2.15. The van der Waals surface area contributed by atoms with Gasteiger partial charge in [-0.15, -0.1) is 0 Å². The van der Waals surface area contributed by atoms with Crippen LogP contribution >= 0.6 is 0 Å². The average Bonchev–Trinajstić information content (AvgIpc) is 2.13. The van der Waals surface area contributed by atoms with Crippen molar-refractivity contribution in [3.63, 3.8) is 0 Å². The predicted molar refractivity (Wildman–Crippen MR) is 52.7 cm³/mol. The summed E-state index contributed by atoms with van der Waals surface area (Å²) in [6, 6.07) is 0. The molecular weight excluding hydrogens is 216 g/mol. The summed E-state index contributed by atoms with van der Waals surface area (Å²) >= 11 is 0. The molecule has 16 heavy (non-hydrogen) atoms. The molecule has 0 heterocycles. The van der Waals surface area contributed by atoms with Crippen LogP contribution in [0.5, 0.6) is 0 Å². The molecule has 0 atom stereocenters. The first-order valence-corrected chi connectivity index (χ1v) is 4.66. The van der Waals surface area contributed by atoms with E-state index in [2.05, 4.69) is 0 Å². The molecule has 0 spiro atoms. The molecule has 0 unspecified atom stereocenters. The molecule has 0 saturated heterocycles. The molecule has 0 aliphatic heterocycles. The molecule has 6 heteroatoms. The lowest BCUT2D eigenvalue weighted by molar-refractivity contribution is -0.170. The zero-order valence-electron chi connectivity index (χ0n) is 9.40. The van der Waals surface area contributed by atoms with E-state index in [9.17, 15) is 19.2 Å². The lowest BCUT2D eigenvalue weighted by Gasteiger charge is -2.23. The highest BCUT2D eigenvalue weighted by Gasteiger charge is 2.39. The second kappa shape index (κ2) is 5.39. The van der Waals surface area contributed by atoms with Crippen molar-refractivity contribution >= 4 is 23.5 Å². The third-order valence-corrected chi connectivity index (χ3v) is 2.20. The number of hydrogen-bond acceptors (Lipinski definition) is 5. The lowest BCUT2D eigenvalue weighted by atomic mass is 9.97. The molecule has 0 aromatic heterocycles. The molecule has 0 fully saturated rings. The molecule has 0 aliphatic carbocycles. The van der Waals surface area contributed by atoms with Crippen LogP contribution in [-0.4, -0.2) is 34.2 Å². The van der Waals surface area contributed by atoms with Gasteiger partial charge in [-0.25, -0.2) is 0 Å². The molecule has 0 amide bonds. The van der Waals surface area contributed by atoms with Crippen LogP contribution in [0.1, 0.15) is 33.6 Å². The van der Waals surface area contributed by atoms with E-state index in [1.54, 1.807) is 0 Å². The second-order valence-corrected chi connectivity index (χ2v) is 3.51. The van der Waals surface area contributed by atoms with E-state index in [0.717, 1.165) is 13.8 Å². The number of aliphatic carboxylic acids is 1. The maximum Gasteiger partial charge on any atom is 0.307 e. The number of ether oxygens (including phenoxy) is 1. The third-order valence-electron chi connectivity index (χ3n) is 2.20. The summed E-state index contributed by atoms with van der Waals surface area (Å²) in [4.78, 5) is 43.7. The van der Waals surface area contributed by atoms with Crippen LogP contribution in [-0.2, 0) is 23.9 Å². The highest BCUT2D eigenvalue weighted by molar-refractivity contribution is 6.09. The maximum atomic E-state index is 11.2. The second-order valence-electron chi connectivity index (χ2n) is 3.51. The largest absolute Gasteiger partial charge is 0.481 e. The number of esters is 1. The number of Topliss-reactive ketones (excluding diaryl/α,β-unsaturated/α-hetero) is 2. The third kappa shape index (κ3) is 3.80. The monoisotopic (exact) mass is 230 g/mol. The number of carbonyl (C=O) groups excluding carboxylic acids is 3. The van der Waals surface area contributed by atoms with Crippen LogP contribution in [0.4, 0.5) is 0 Å². The van der Waals surface area contributed by atoms with Crippen LogP contribution in [0.2, 0.25) is 0 Å². The summed E-state index contributed by atoms with van der Waals surface area (Å²) in [5.74, 6) is -3.22. The van der Waals surface area contributed by atoms with Crippen LogP contribution in [0.3, 0.4) is 0 Å². The van der Waals surface area contributed by atoms with Gasteiger partial charge in [-0.1, -0.05) is 0 Å². The number of rotatable bonds is 6. The van der Waals surface area contributed by atoms with Crippen molar-refractivity contribution in [3.8, 4) is 0 Å². The Hall–Kier alpha value is -1.72. The average molecular weight is 230 g/mol. The Balaban J connectivity index is 4.54. The van der Waals surface area contributed by atoms with Gasteiger partial charge in [0, 0.05) is 0 Å². The quantitative estimate of drug-likeness (QED) is 0.521. The van der Waals surface area contributed by atoms with Gasteiger partial charge in [0.2, 0.25) is 5.60 Å². The summed E-state index contributed by atoms with van der Waals surface area (Å²) in [6.07, 6.45) is -0.768. The number of carbonyl (C=O) groups is 4. The van der Waals surface area contributed by atoms with E-state index in [1.807, 2.05) is 0 Å². The van der Waals surface area contributed by atoms with Crippen molar-refractivity contribution in [2.75, 3.05) is 0 Å². The summed E-state index contributed by atoms with van der Waals surface area (Å²) in [5.41, 5.74) is -1.81. The Morgan fingerprint density at radius 1 is 1.06 bits per heavy atom. The van der Waals surface area contributed by atoms with Gasteiger partial charge in [-0.3, -0.25) is 19.2 Å². The zero-order chi connectivity index (χ0) is 12.9. The molecular formula is C10H14O6. The first-order valence-electron chi connectivity index (χ1n) is 4.66. The standard InChI is InChI=1S/C10H14O6/c1-6(11)10(3,7(2)12)16-9(15)5-4-8(13)14/h4-5H2,1-3H3,(H,13,14). The number of carboxylic acid groups (broad SMARTS) is 1. The van der Waals surface area contributed by atoms with E-state index in [0.29, 0.717) is 0 Å². The normalized spacial score (nSPS) is 10.7. The van der Waals surface area contributed by atoms with Crippen molar-refractivity contribution in [3.05, 3.63) is 0 Å². The number of carboxylic acids is 1. The van der Waals surface area contributed by atoms with Crippen LogP contribution < -0.4 is 0 Å². The zero-order valence-corrected chi connectivity index (χ0v) is 9.40. The molecule has 0 aromatic rings. The molecule has 0 saturated carbocycles. The Kier molecular flexibility index (Phi) is 4.81. The molecule has 0 aromatic carbocycles.